The van der Waals surface area contributed by atoms with Crippen LogP contribution < -0.4 is 0 Å². The number of aliphatic hydroxyl groups is 1. The number of rotatable bonds is 6. The molecule has 7 heteroatoms. The van der Waals surface area contributed by atoms with Gasteiger partial charge in [0.2, 0.25) is 0 Å². The first-order chi connectivity index (χ1) is 16.3. The largest absolute Gasteiger partial charge is 0.458 e. The van der Waals surface area contributed by atoms with Gasteiger partial charge in [0, 0.05) is 30.8 Å². The summed E-state index contributed by atoms with van der Waals surface area (Å²) in [6, 6.07) is 19.4. The van der Waals surface area contributed by atoms with Crippen molar-refractivity contribution >= 4 is 11.9 Å². The van der Waals surface area contributed by atoms with Gasteiger partial charge in [0.1, 0.15) is 5.82 Å². The summed E-state index contributed by atoms with van der Waals surface area (Å²) < 4.78 is 7.19. The molecule has 3 aromatic rings. The number of aliphatic hydroxyl groups excluding tert-OH is 1. The third-order valence-corrected chi connectivity index (χ3v) is 6.05. The summed E-state index contributed by atoms with van der Waals surface area (Å²) in [5.41, 5.74) is 2.42. The maximum Gasteiger partial charge on any atom is 0.397 e. The van der Waals surface area contributed by atoms with Gasteiger partial charge in [0.05, 0.1) is 24.9 Å². The highest BCUT2D eigenvalue weighted by molar-refractivity contribution is 6.32. The zero-order chi connectivity index (χ0) is 24.3. The van der Waals surface area contributed by atoms with Crippen LogP contribution in [-0.2, 0) is 20.9 Å². The molecule has 0 saturated carbocycles. The fraction of sp³-hybridized carbons (Fsp3) is 0.370. The first-order valence-corrected chi connectivity index (χ1v) is 11.5. The molecule has 1 fully saturated rings. The Morgan fingerprint density at radius 3 is 2.32 bits per heavy atom. The Labute approximate surface area is 200 Å². The molecule has 7 nitrogen and oxygen atoms in total. The standard InChI is InChI=1S/C27H31N3O4/c1-27(2,3)23(30-15-20(17-31)18-34-26(33)25(30)32)24-28-22(21-12-8-5-9-13-21)16-29(24)14-19-10-6-4-7-11-19/h4-13,16,20,23,31H,14-15,17-18H2,1-3H3. The molecule has 2 atom stereocenters. The van der Waals surface area contributed by atoms with Gasteiger partial charge in [-0.2, -0.15) is 0 Å². The van der Waals surface area contributed by atoms with Crippen molar-refractivity contribution in [2.75, 3.05) is 19.8 Å². The van der Waals surface area contributed by atoms with E-state index in [0.717, 1.165) is 16.8 Å². The smallest absolute Gasteiger partial charge is 0.397 e. The molecule has 2 unspecified atom stereocenters. The molecule has 1 aliphatic rings. The average Bonchev–Trinajstić information content (AvgIpc) is 3.17. The van der Waals surface area contributed by atoms with E-state index in [-0.39, 0.29) is 25.7 Å². The number of aromatic nitrogens is 2. The number of amides is 1. The van der Waals surface area contributed by atoms with Crippen LogP contribution in [0.1, 0.15) is 38.2 Å². The predicted octanol–water partition coefficient (Wildman–Crippen LogP) is 3.68. The zero-order valence-electron chi connectivity index (χ0n) is 19.8. The summed E-state index contributed by atoms with van der Waals surface area (Å²) in [6.45, 7) is 6.70. The van der Waals surface area contributed by atoms with Gasteiger partial charge in [-0.05, 0) is 11.0 Å². The molecule has 0 bridgehead atoms. The topological polar surface area (TPSA) is 84.7 Å². The summed E-state index contributed by atoms with van der Waals surface area (Å²) >= 11 is 0. The van der Waals surface area contributed by atoms with E-state index in [2.05, 4.69) is 4.57 Å². The molecule has 1 aliphatic heterocycles. The van der Waals surface area contributed by atoms with Crippen molar-refractivity contribution in [2.45, 2.75) is 33.4 Å². The highest BCUT2D eigenvalue weighted by Gasteiger charge is 2.43. The first kappa shape index (κ1) is 23.7. The Morgan fingerprint density at radius 2 is 1.71 bits per heavy atom. The van der Waals surface area contributed by atoms with Crippen LogP contribution in [-0.4, -0.2) is 51.2 Å². The third kappa shape index (κ3) is 5.04. The average molecular weight is 462 g/mol. The van der Waals surface area contributed by atoms with Crippen molar-refractivity contribution < 1.29 is 19.4 Å². The van der Waals surface area contributed by atoms with E-state index in [1.807, 2.05) is 87.6 Å². The van der Waals surface area contributed by atoms with Crippen molar-refractivity contribution in [3.05, 3.63) is 78.2 Å². The van der Waals surface area contributed by atoms with Crippen molar-refractivity contribution in [2.24, 2.45) is 11.3 Å². The SMILES string of the molecule is CC(C)(C)C(c1nc(-c2ccccc2)cn1Cc1ccccc1)N1CC(CO)COC(=O)C1=O. The Balaban J connectivity index is 1.85. The van der Waals surface area contributed by atoms with Crippen LogP contribution in [0.5, 0.6) is 0 Å². The summed E-state index contributed by atoms with van der Waals surface area (Å²) in [5, 5.41) is 9.81. The van der Waals surface area contributed by atoms with E-state index in [1.54, 1.807) is 0 Å². The van der Waals surface area contributed by atoms with Crippen molar-refractivity contribution in [1.29, 1.82) is 0 Å². The van der Waals surface area contributed by atoms with Gasteiger partial charge in [-0.25, -0.2) is 9.78 Å². The molecular formula is C27H31N3O4. The van der Waals surface area contributed by atoms with Gasteiger partial charge in [-0.15, -0.1) is 0 Å². The quantitative estimate of drug-likeness (QED) is 0.447. The molecule has 1 saturated heterocycles. The molecule has 0 radical (unpaired) electrons. The van der Waals surface area contributed by atoms with Crippen LogP contribution in [0, 0.1) is 11.3 Å². The maximum atomic E-state index is 13.1. The summed E-state index contributed by atoms with van der Waals surface area (Å²) in [6.07, 6.45) is 2.00. The first-order valence-electron chi connectivity index (χ1n) is 11.5. The predicted molar refractivity (Wildman–Crippen MR) is 129 cm³/mol. The number of hydrogen-bond donors (Lipinski definition) is 1. The Kier molecular flexibility index (Phi) is 6.84. The van der Waals surface area contributed by atoms with Gasteiger partial charge < -0.3 is 19.3 Å². The number of hydrogen-bond acceptors (Lipinski definition) is 5. The Hall–Kier alpha value is -3.45. The molecule has 4 rings (SSSR count). The van der Waals surface area contributed by atoms with Crippen LogP contribution in [0.15, 0.2) is 66.9 Å². The molecule has 0 aliphatic carbocycles. The van der Waals surface area contributed by atoms with Crippen molar-refractivity contribution in [1.82, 2.24) is 14.5 Å². The minimum Gasteiger partial charge on any atom is -0.458 e. The van der Waals surface area contributed by atoms with E-state index < -0.39 is 23.3 Å². The van der Waals surface area contributed by atoms with Gasteiger partial charge in [-0.3, -0.25) is 4.79 Å². The Bertz CT molecular complexity index is 1140. The number of imidazole rings is 1. The van der Waals surface area contributed by atoms with Gasteiger partial charge in [-0.1, -0.05) is 81.4 Å². The number of nitrogens with zero attached hydrogens (tertiary/aromatic N) is 3. The second-order valence-electron chi connectivity index (χ2n) is 9.84. The normalized spacial score (nSPS) is 17.9. The number of carbonyl (C=O) groups is 2. The van der Waals surface area contributed by atoms with E-state index >= 15 is 0 Å². The molecule has 1 amide bonds. The molecule has 0 spiro atoms. The zero-order valence-corrected chi connectivity index (χ0v) is 19.8. The molecule has 2 heterocycles. The van der Waals surface area contributed by atoms with E-state index in [0.29, 0.717) is 12.4 Å². The van der Waals surface area contributed by atoms with Gasteiger partial charge >= 0.3 is 11.9 Å². The second-order valence-corrected chi connectivity index (χ2v) is 9.84. The van der Waals surface area contributed by atoms with Gasteiger partial charge in [0.15, 0.2) is 0 Å². The third-order valence-electron chi connectivity index (χ3n) is 6.05. The fourth-order valence-corrected chi connectivity index (χ4v) is 4.42. The lowest BCUT2D eigenvalue weighted by atomic mass is 9.84. The van der Waals surface area contributed by atoms with E-state index in [9.17, 15) is 14.7 Å². The monoisotopic (exact) mass is 461 g/mol. The molecule has 1 N–H and O–H groups in total. The molecule has 178 valence electrons. The highest BCUT2D eigenvalue weighted by atomic mass is 16.5. The Morgan fingerprint density at radius 1 is 1.06 bits per heavy atom. The summed E-state index contributed by atoms with van der Waals surface area (Å²) in [5.74, 6) is -1.26. The van der Waals surface area contributed by atoms with E-state index in [1.165, 1.54) is 4.90 Å². The van der Waals surface area contributed by atoms with E-state index in [4.69, 9.17) is 9.72 Å². The minimum atomic E-state index is -0.894. The fourth-order valence-electron chi connectivity index (χ4n) is 4.42. The van der Waals surface area contributed by atoms with Crippen LogP contribution in [0.3, 0.4) is 0 Å². The summed E-state index contributed by atoms with van der Waals surface area (Å²) in [7, 11) is 0. The number of benzene rings is 2. The van der Waals surface area contributed by atoms with Crippen molar-refractivity contribution in [3.63, 3.8) is 0 Å². The lowest BCUT2D eigenvalue weighted by molar-refractivity contribution is -0.160. The van der Waals surface area contributed by atoms with Crippen LogP contribution in [0.4, 0.5) is 0 Å². The molecular weight excluding hydrogens is 430 g/mol. The number of carbonyl (C=O) groups excluding carboxylic acids is 2. The molecule has 1 aromatic heterocycles. The van der Waals surface area contributed by atoms with Crippen molar-refractivity contribution in [3.8, 4) is 11.3 Å². The number of ether oxygens (including phenoxy) is 1. The van der Waals surface area contributed by atoms with Crippen LogP contribution in [0.25, 0.3) is 11.3 Å². The lowest BCUT2D eigenvalue weighted by Gasteiger charge is -2.39. The number of cyclic esters (lactones) is 1. The second kappa shape index (κ2) is 9.81. The van der Waals surface area contributed by atoms with Gasteiger partial charge in [0.25, 0.3) is 0 Å². The maximum absolute atomic E-state index is 13.1. The number of esters is 1. The highest BCUT2D eigenvalue weighted by Crippen LogP contribution is 2.40. The molecule has 2 aromatic carbocycles. The lowest BCUT2D eigenvalue weighted by Crippen LogP contribution is -2.46. The van der Waals surface area contributed by atoms with Crippen LogP contribution >= 0.6 is 0 Å². The van der Waals surface area contributed by atoms with Crippen LogP contribution in [0.2, 0.25) is 0 Å². The minimum absolute atomic E-state index is 0.0160. The summed E-state index contributed by atoms with van der Waals surface area (Å²) in [4.78, 5) is 32.1. The molecule has 34 heavy (non-hydrogen) atoms.